The van der Waals surface area contributed by atoms with E-state index in [1.165, 1.54) is 0 Å². The highest BCUT2D eigenvalue weighted by molar-refractivity contribution is 5.87. The van der Waals surface area contributed by atoms with Crippen molar-refractivity contribution < 1.29 is 9.53 Å². The van der Waals surface area contributed by atoms with Crippen molar-refractivity contribution in [2.75, 3.05) is 53.0 Å². The van der Waals surface area contributed by atoms with Crippen LogP contribution in [0.3, 0.4) is 0 Å². The summed E-state index contributed by atoms with van der Waals surface area (Å²) in [5.41, 5.74) is -0.384. The van der Waals surface area contributed by atoms with Gasteiger partial charge in [0.1, 0.15) is 12.1 Å². The molecule has 3 heterocycles. The standard InChI is InChI=1S/C15H24N4O2/c1-17-9-10-19(8-5-16)14(20)15(17)3-6-18(7-4-15)13-2-11-21-12-13/h13H,2-4,6-12H2,1H3/t13-/m0/s1. The normalized spacial score (nSPS) is 30.8. The minimum atomic E-state index is -0.384. The molecule has 3 fully saturated rings. The Labute approximate surface area is 126 Å². The van der Waals surface area contributed by atoms with Gasteiger partial charge in [0.2, 0.25) is 5.91 Å². The molecule has 0 bridgehead atoms. The Bertz CT molecular complexity index is 433. The van der Waals surface area contributed by atoms with E-state index in [1.54, 1.807) is 4.90 Å². The molecule has 0 aliphatic carbocycles. The first-order valence-corrected chi connectivity index (χ1v) is 7.87. The number of nitriles is 1. The first kappa shape index (κ1) is 14.8. The number of hydrogen-bond donors (Lipinski definition) is 0. The number of likely N-dealkylation sites (N-methyl/N-ethyl adjacent to an activating group) is 1. The van der Waals surface area contributed by atoms with Crippen LogP contribution in [0.15, 0.2) is 0 Å². The molecule has 1 amide bonds. The van der Waals surface area contributed by atoms with Crippen molar-refractivity contribution in [2.24, 2.45) is 0 Å². The largest absolute Gasteiger partial charge is 0.380 e. The second kappa shape index (κ2) is 5.91. The van der Waals surface area contributed by atoms with Crippen molar-refractivity contribution >= 4 is 5.91 Å². The summed E-state index contributed by atoms with van der Waals surface area (Å²) in [5.74, 6) is 0.153. The third-order valence-electron chi connectivity index (χ3n) is 5.43. The zero-order chi connectivity index (χ0) is 14.9. The fourth-order valence-electron chi connectivity index (χ4n) is 3.94. The molecule has 0 aromatic carbocycles. The van der Waals surface area contributed by atoms with Crippen LogP contribution in [-0.2, 0) is 9.53 Å². The lowest BCUT2D eigenvalue weighted by molar-refractivity contribution is -0.153. The van der Waals surface area contributed by atoms with E-state index in [2.05, 4.69) is 22.9 Å². The Hall–Kier alpha value is -1.16. The van der Waals surface area contributed by atoms with E-state index in [4.69, 9.17) is 10.00 Å². The molecule has 21 heavy (non-hydrogen) atoms. The highest BCUT2D eigenvalue weighted by Crippen LogP contribution is 2.34. The van der Waals surface area contributed by atoms with Crippen LogP contribution in [0.25, 0.3) is 0 Å². The molecular weight excluding hydrogens is 268 g/mol. The van der Waals surface area contributed by atoms with Gasteiger partial charge in [0.05, 0.1) is 12.7 Å². The molecule has 0 N–H and O–H groups in total. The van der Waals surface area contributed by atoms with Gasteiger partial charge in [-0.15, -0.1) is 0 Å². The van der Waals surface area contributed by atoms with Gasteiger partial charge in [-0.3, -0.25) is 14.6 Å². The molecule has 0 saturated carbocycles. The highest BCUT2D eigenvalue weighted by atomic mass is 16.5. The highest BCUT2D eigenvalue weighted by Gasteiger charge is 2.49. The summed E-state index contributed by atoms with van der Waals surface area (Å²) in [7, 11) is 2.05. The molecule has 0 aromatic heterocycles. The van der Waals surface area contributed by atoms with E-state index in [9.17, 15) is 4.79 Å². The van der Waals surface area contributed by atoms with Crippen molar-refractivity contribution in [3.8, 4) is 6.07 Å². The van der Waals surface area contributed by atoms with Gasteiger partial charge in [0.15, 0.2) is 0 Å². The van der Waals surface area contributed by atoms with Crippen LogP contribution in [0.2, 0.25) is 0 Å². The molecule has 6 nitrogen and oxygen atoms in total. The summed E-state index contributed by atoms with van der Waals surface area (Å²) in [6, 6.07) is 2.65. The van der Waals surface area contributed by atoms with Crippen LogP contribution < -0.4 is 0 Å². The number of carbonyl (C=O) groups excluding carboxylic acids is 1. The predicted molar refractivity (Wildman–Crippen MR) is 77.6 cm³/mol. The third kappa shape index (κ3) is 2.54. The molecule has 0 unspecified atom stereocenters. The number of likely N-dealkylation sites (tertiary alicyclic amines) is 1. The summed E-state index contributed by atoms with van der Waals surface area (Å²) in [6.07, 6.45) is 2.83. The van der Waals surface area contributed by atoms with Crippen LogP contribution in [0.5, 0.6) is 0 Å². The zero-order valence-corrected chi connectivity index (χ0v) is 12.8. The quantitative estimate of drug-likeness (QED) is 0.666. The summed E-state index contributed by atoms with van der Waals surface area (Å²) < 4.78 is 5.48. The number of piperidine rings is 1. The summed E-state index contributed by atoms with van der Waals surface area (Å²) >= 11 is 0. The van der Waals surface area contributed by atoms with E-state index < -0.39 is 0 Å². The minimum absolute atomic E-state index is 0.153. The molecule has 1 atom stereocenters. The Morgan fingerprint density at radius 1 is 1.33 bits per heavy atom. The lowest BCUT2D eigenvalue weighted by Crippen LogP contribution is -2.68. The van der Waals surface area contributed by atoms with Crippen molar-refractivity contribution in [3.63, 3.8) is 0 Å². The van der Waals surface area contributed by atoms with Crippen LogP contribution in [0.1, 0.15) is 19.3 Å². The van der Waals surface area contributed by atoms with E-state index >= 15 is 0 Å². The average molecular weight is 292 g/mol. The maximum Gasteiger partial charge on any atom is 0.244 e. The molecule has 6 heteroatoms. The van der Waals surface area contributed by atoms with E-state index in [-0.39, 0.29) is 18.0 Å². The number of carbonyl (C=O) groups is 1. The molecule has 3 aliphatic rings. The van der Waals surface area contributed by atoms with E-state index in [0.717, 1.165) is 52.1 Å². The summed E-state index contributed by atoms with van der Waals surface area (Å²) in [6.45, 7) is 5.34. The predicted octanol–water partition coefficient (Wildman–Crippen LogP) is -0.0925. The third-order valence-corrected chi connectivity index (χ3v) is 5.43. The fourth-order valence-corrected chi connectivity index (χ4v) is 3.94. The molecule has 3 aliphatic heterocycles. The Morgan fingerprint density at radius 3 is 2.71 bits per heavy atom. The maximum absolute atomic E-state index is 12.8. The number of ether oxygens (including phenoxy) is 1. The van der Waals surface area contributed by atoms with Gasteiger partial charge < -0.3 is 9.64 Å². The first-order valence-electron chi connectivity index (χ1n) is 7.87. The monoisotopic (exact) mass is 292 g/mol. The minimum Gasteiger partial charge on any atom is -0.380 e. The summed E-state index contributed by atoms with van der Waals surface area (Å²) in [5, 5.41) is 8.89. The number of piperazine rings is 1. The topological polar surface area (TPSA) is 59.8 Å². The number of nitrogens with zero attached hydrogens (tertiary/aromatic N) is 4. The van der Waals surface area contributed by atoms with Crippen molar-refractivity contribution in [2.45, 2.75) is 30.8 Å². The molecular formula is C15H24N4O2. The van der Waals surface area contributed by atoms with Gasteiger partial charge in [-0.05, 0) is 26.3 Å². The molecule has 3 rings (SSSR count). The lowest BCUT2D eigenvalue weighted by atomic mass is 9.82. The molecule has 1 spiro atoms. The molecule has 116 valence electrons. The molecule has 0 radical (unpaired) electrons. The Kier molecular flexibility index (Phi) is 4.16. The van der Waals surface area contributed by atoms with Crippen LogP contribution in [0.4, 0.5) is 0 Å². The van der Waals surface area contributed by atoms with Crippen molar-refractivity contribution in [1.29, 1.82) is 5.26 Å². The fraction of sp³-hybridized carbons (Fsp3) is 0.867. The molecule has 3 saturated heterocycles. The second-order valence-corrected chi connectivity index (χ2v) is 6.39. The SMILES string of the molecule is CN1CCN(CC#N)C(=O)C12CCN([C@H]1CCOC1)CC2. The van der Waals surface area contributed by atoms with E-state index in [1.807, 2.05) is 0 Å². The van der Waals surface area contributed by atoms with Gasteiger partial charge in [-0.2, -0.15) is 5.26 Å². The summed E-state index contributed by atoms with van der Waals surface area (Å²) in [4.78, 5) is 19.2. The van der Waals surface area contributed by atoms with Gasteiger partial charge in [0, 0.05) is 38.8 Å². The Balaban J connectivity index is 1.69. The van der Waals surface area contributed by atoms with Crippen LogP contribution >= 0.6 is 0 Å². The first-order chi connectivity index (χ1) is 10.2. The van der Waals surface area contributed by atoms with Gasteiger partial charge in [-0.25, -0.2) is 0 Å². The van der Waals surface area contributed by atoms with Crippen LogP contribution in [-0.4, -0.2) is 85.2 Å². The number of rotatable bonds is 2. The van der Waals surface area contributed by atoms with E-state index in [0.29, 0.717) is 12.6 Å². The van der Waals surface area contributed by atoms with Gasteiger partial charge in [0.25, 0.3) is 0 Å². The maximum atomic E-state index is 12.8. The lowest BCUT2D eigenvalue weighted by Gasteiger charge is -2.51. The number of amides is 1. The van der Waals surface area contributed by atoms with Crippen molar-refractivity contribution in [1.82, 2.24) is 14.7 Å². The van der Waals surface area contributed by atoms with Crippen LogP contribution in [0, 0.1) is 11.3 Å². The number of hydrogen-bond acceptors (Lipinski definition) is 5. The van der Waals surface area contributed by atoms with Gasteiger partial charge >= 0.3 is 0 Å². The van der Waals surface area contributed by atoms with Crippen molar-refractivity contribution in [3.05, 3.63) is 0 Å². The van der Waals surface area contributed by atoms with Gasteiger partial charge in [-0.1, -0.05) is 0 Å². The second-order valence-electron chi connectivity index (χ2n) is 6.39. The average Bonchev–Trinajstić information content (AvgIpc) is 3.03. The zero-order valence-electron chi connectivity index (χ0n) is 12.8. The molecule has 0 aromatic rings. The smallest absolute Gasteiger partial charge is 0.244 e. The Morgan fingerprint density at radius 2 is 2.10 bits per heavy atom.